The molecular formula is C14H7BrClNO2S. The lowest BCUT2D eigenvalue weighted by atomic mass is 10.2. The number of rotatable bonds is 2. The van der Waals surface area contributed by atoms with E-state index in [1.54, 1.807) is 30.3 Å². The number of thiophene rings is 1. The predicted molar refractivity (Wildman–Crippen MR) is 84.1 cm³/mol. The maximum Gasteiger partial charge on any atom is 0.363 e. The maximum absolute atomic E-state index is 11.8. The molecule has 6 heteroatoms. The Kier molecular flexibility index (Phi) is 3.74. The average Bonchev–Trinajstić information content (AvgIpc) is 2.98. The third-order valence-electron chi connectivity index (χ3n) is 2.58. The first-order chi connectivity index (χ1) is 9.61. The number of hydrogen-bond donors (Lipinski definition) is 0. The van der Waals surface area contributed by atoms with E-state index in [1.165, 1.54) is 11.3 Å². The molecule has 0 saturated carbocycles. The van der Waals surface area contributed by atoms with Crippen molar-refractivity contribution in [1.82, 2.24) is 0 Å². The van der Waals surface area contributed by atoms with E-state index in [-0.39, 0.29) is 0 Å². The van der Waals surface area contributed by atoms with Gasteiger partial charge in [-0.2, -0.15) is 0 Å². The summed E-state index contributed by atoms with van der Waals surface area (Å²) in [6.45, 7) is 0. The third-order valence-corrected chi connectivity index (χ3v) is 4.47. The van der Waals surface area contributed by atoms with Crippen molar-refractivity contribution in [3.63, 3.8) is 0 Å². The van der Waals surface area contributed by atoms with Crippen LogP contribution < -0.4 is 0 Å². The number of ether oxygens (including phenoxy) is 1. The number of esters is 1. The molecule has 0 N–H and O–H groups in total. The van der Waals surface area contributed by atoms with Gasteiger partial charge in [0.25, 0.3) is 0 Å². The SMILES string of the molecule is O=C1OC(c2ccc(Cl)cc2)=N/C1=C\c1cc(Br)cs1. The van der Waals surface area contributed by atoms with Crippen molar-refractivity contribution in [3.05, 3.63) is 61.3 Å². The Morgan fingerprint density at radius 3 is 2.70 bits per heavy atom. The zero-order chi connectivity index (χ0) is 14.1. The Balaban J connectivity index is 1.92. The highest BCUT2D eigenvalue weighted by Crippen LogP contribution is 2.25. The van der Waals surface area contributed by atoms with Crippen LogP contribution >= 0.6 is 38.9 Å². The van der Waals surface area contributed by atoms with Crippen LogP contribution in [-0.4, -0.2) is 11.9 Å². The summed E-state index contributed by atoms with van der Waals surface area (Å²) in [7, 11) is 0. The molecule has 1 aromatic heterocycles. The summed E-state index contributed by atoms with van der Waals surface area (Å²) >= 11 is 10.7. The van der Waals surface area contributed by atoms with Gasteiger partial charge >= 0.3 is 5.97 Å². The van der Waals surface area contributed by atoms with E-state index < -0.39 is 5.97 Å². The molecule has 0 saturated heterocycles. The molecule has 2 aromatic rings. The summed E-state index contributed by atoms with van der Waals surface area (Å²) in [5, 5.41) is 2.56. The topological polar surface area (TPSA) is 38.7 Å². The maximum atomic E-state index is 11.8. The third kappa shape index (κ3) is 2.85. The molecule has 1 aliphatic heterocycles. The van der Waals surface area contributed by atoms with E-state index in [0.717, 1.165) is 14.9 Å². The number of benzene rings is 1. The Labute approximate surface area is 132 Å². The highest BCUT2D eigenvalue weighted by atomic mass is 79.9. The molecule has 0 radical (unpaired) electrons. The lowest BCUT2D eigenvalue weighted by molar-refractivity contribution is -0.129. The second-order valence-corrected chi connectivity index (χ2v) is 6.31. The van der Waals surface area contributed by atoms with E-state index >= 15 is 0 Å². The fourth-order valence-corrected chi connectivity index (χ4v) is 3.16. The van der Waals surface area contributed by atoms with E-state index in [4.69, 9.17) is 16.3 Å². The van der Waals surface area contributed by atoms with Crippen LogP contribution in [0.15, 0.2) is 50.9 Å². The molecule has 3 nitrogen and oxygen atoms in total. The Morgan fingerprint density at radius 1 is 1.30 bits per heavy atom. The Bertz CT molecular complexity index is 734. The van der Waals surface area contributed by atoms with Crippen LogP contribution in [0, 0.1) is 0 Å². The van der Waals surface area contributed by atoms with E-state index in [9.17, 15) is 4.79 Å². The first-order valence-corrected chi connectivity index (χ1v) is 7.69. The summed E-state index contributed by atoms with van der Waals surface area (Å²) < 4.78 is 6.15. The van der Waals surface area contributed by atoms with Crippen molar-refractivity contribution in [2.75, 3.05) is 0 Å². The summed E-state index contributed by atoms with van der Waals surface area (Å²) in [5.74, 6) is -0.145. The largest absolute Gasteiger partial charge is 0.402 e. The molecule has 3 rings (SSSR count). The zero-order valence-corrected chi connectivity index (χ0v) is 13.1. The summed E-state index contributed by atoms with van der Waals surface area (Å²) in [5.41, 5.74) is 1.02. The van der Waals surface area contributed by atoms with Gasteiger partial charge in [0.2, 0.25) is 5.90 Å². The molecule has 0 spiro atoms. The van der Waals surface area contributed by atoms with Gasteiger partial charge in [-0.25, -0.2) is 9.79 Å². The number of carbonyl (C=O) groups is 1. The van der Waals surface area contributed by atoms with Crippen LogP contribution in [0.3, 0.4) is 0 Å². The normalized spacial score (nSPS) is 16.4. The van der Waals surface area contributed by atoms with Crippen LogP contribution in [0.2, 0.25) is 5.02 Å². The van der Waals surface area contributed by atoms with Gasteiger partial charge < -0.3 is 4.74 Å². The molecule has 0 amide bonds. The number of hydrogen-bond acceptors (Lipinski definition) is 4. The predicted octanol–water partition coefficient (Wildman–Crippen LogP) is 4.51. The smallest absolute Gasteiger partial charge is 0.363 e. The summed E-state index contributed by atoms with van der Waals surface area (Å²) in [6.07, 6.45) is 1.71. The van der Waals surface area contributed by atoms with Gasteiger partial charge in [0, 0.05) is 25.3 Å². The molecular weight excluding hydrogens is 362 g/mol. The average molecular weight is 369 g/mol. The Morgan fingerprint density at radius 2 is 2.05 bits per heavy atom. The second-order valence-electron chi connectivity index (χ2n) is 4.01. The molecule has 1 aliphatic rings. The number of aliphatic imine (C=N–C) groups is 1. The van der Waals surface area contributed by atoms with Gasteiger partial charge in [0.1, 0.15) is 0 Å². The van der Waals surface area contributed by atoms with Gasteiger partial charge in [0.05, 0.1) is 0 Å². The van der Waals surface area contributed by atoms with E-state index in [0.29, 0.717) is 16.6 Å². The van der Waals surface area contributed by atoms with Crippen LogP contribution in [0.1, 0.15) is 10.4 Å². The monoisotopic (exact) mass is 367 g/mol. The number of nitrogens with zero attached hydrogens (tertiary/aromatic N) is 1. The molecule has 0 aliphatic carbocycles. The molecule has 0 bridgehead atoms. The van der Waals surface area contributed by atoms with Crippen LogP contribution in [-0.2, 0) is 9.53 Å². The van der Waals surface area contributed by atoms with Crippen molar-refractivity contribution in [2.24, 2.45) is 4.99 Å². The minimum Gasteiger partial charge on any atom is -0.402 e. The zero-order valence-electron chi connectivity index (χ0n) is 9.97. The second kappa shape index (κ2) is 5.52. The molecule has 100 valence electrons. The van der Waals surface area contributed by atoms with E-state index in [2.05, 4.69) is 20.9 Å². The van der Waals surface area contributed by atoms with Gasteiger partial charge in [-0.15, -0.1) is 11.3 Å². The molecule has 0 fully saturated rings. The molecule has 0 unspecified atom stereocenters. The number of cyclic esters (lactones) is 1. The lowest BCUT2D eigenvalue weighted by Crippen LogP contribution is -2.04. The first-order valence-electron chi connectivity index (χ1n) is 5.64. The number of halogens is 2. The summed E-state index contributed by atoms with van der Waals surface area (Å²) in [4.78, 5) is 17.0. The van der Waals surface area contributed by atoms with Crippen LogP contribution in [0.5, 0.6) is 0 Å². The van der Waals surface area contributed by atoms with E-state index in [1.807, 2.05) is 11.4 Å². The fraction of sp³-hybridized carbons (Fsp3) is 0. The minimum atomic E-state index is -0.445. The standard InChI is InChI=1S/C14H7BrClNO2S/c15-9-5-11(20-7-9)6-12-14(18)19-13(17-12)8-1-3-10(16)4-2-8/h1-7H/b12-6-. The molecule has 0 atom stereocenters. The quantitative estimate of drug-likeness (QED) is 0.578. The van der Waals surface area contributed by atoms with Gasteiger partial charge in [0.15, 0.2) is 5.70 Å². The van der Waals surface area contributed by atoms with Gasteiger partial charge in [-0.1, -0.05) is 11.6 Å². The van der Waals surface area contributed by atoms with Crippen molar-refractivity contribution in [3.8, 4) is 0 Å². The Hall–Kier alpha value is -1.43. The molecule has 20 heavy (non-hydrogen) atoms. The number of carbonyl (C=O) groups excluding carboxylic acids is 1. The summed E-state index contributed by atoms with van der Waals surface area (Å²) in [6, 6.07) is 8.90. The van der Waals surface area contributed by atoms with Gasteiger partial charge in [-0.05, 0) is 52.3 Å². The van der Waals surface area contributed by atoms with Crippen molar-refractivity contribution in [1.29, 1.82) is 0 Å². The van der Waals surface area contributed by atoms with Crippen molar-refractivity contribution >= 4 is 56.8 Å². The highest BCUT2D eigenvalue weighted by Gasteiger charge is 2.24. The minimum absolute atomic E-state index is 0.296. The lowest BCUT2D eigenvalue weighted by Gasteiger charge is -1.98. The van der Waals surface area contributed by atoms with Crippen LogP contribution in [0.25, 0.3) is 6.08 Å². The van der Waals surface area contributed by atoms with Crippen molar-refractivity contribution < 1.29 is 9.53 Å². The van der Waals surface area contributed by atoms with Crippen molar-refractivity contribution in [2.45, 2.75) is 0 Å². The van der Waals surface area contributed by atoms with Crippen LogP contribution in [0.4, 0.5) is 0 Å². The fourth-order valence-electron chi connectivity index (χ4n) is 1.66. The first kappa shape index (κ1) is 13.5. The van der Waals surface area contributed by atoms with Gasteiger partial charge in [-0.3, -0.25) is 0 Å². The molecule has 1 aromatic carbocycles. The highest BCUT2D eigenvalue weighted by molar-refractivity contribution is 9.10. The molecule has 2 heterocycles.